The molecule has 6 N–H and O–H groups in total. The Hall–Kier alpha value is -1.55. The van der Waals surface area contributed by atoms with Gasteiger partial charge in [0, 0.05) is 12.0 Å². The summed E-state index contributed by atoms with van der Waals surface area (Å²) in [5.74, 6) is -0.0939. The number of quaternary nitrogens is 1. The van der Waals surface area contributed by atoms with Crippen LogP contribution < -0.4 is 10.7 Å². The lowest BCUT2D eigenvalue weighted by molar-refractivity contribution is -0.461. The zero-order valence-electron chi connectivity index (χ0n) is 8.58. The van der Waals surface area contributed by atoms with E-state index < -0.39 is 0 Å². The van der Waals surface area contributed by atoms with Crippen molar-refractivity contribution in [1.29, 1.82) is 0 Å². The van der Waals surface area contributed by atoms with E-state index in [1.165, 1.54) is 0 Å². The van der Waals surface area contributed by atoms with E-state index in [9.17, 15) is 10.2 Å². The number of phenolic OH excluding ortho intramolecular Hbond substituents is 2. The third-order valence-electron chi connectivity index (χ3n) is 2.69. The normalized spacial score (nSPS) is 14.6. The van der Waals surface area contributed by atoms with E-state index in [4.69, 9.17) is 0 Å². The van der Waals surface area contributed by atoms with Crippen LogP contribution in [0.3, 0.4) is 0 Å². The van der Waals surface area contributed by atoms with Gasteiger partial charge in [0.05, 0.1) is 13.0 Å². The molecule has 0 amide bonds. The molecule has 0 saturated carbocycles. The first-order chi connectivity index (χ1) is 7.22. The van der Waals surface area contributed by atoms with Crippen LogP contribution in [-0.4, -0.2) is 29.0 Å². The highest BCUT2D eigenvalue weighted by atomic mass is 16.3. The molecule has 1 aromatic rings. The first-order valence-electron chi connectivity index (χ1n) is 5.16. The molecule has 0 bridgehead atoms. The molecule has 0 radical (unpaired) electrons. The lowest BCUT2D eigenvalue weighted by Gasteiger charge is -2.12. The first kappa shape index (κ1) is 9.98. The number of nitrogens with one attached hydrogen (secondary N) is 1. The quantitative estimate of drug-likeness (QED) is 0.431. The molecule has 0 fully saturated rings. The SMILES string of the molecule is [NH3+]CCC1=[NH+]CCc2cc(O)c(O)cc21. The van der Waals surface area contributed by atoms with E-state index in [1.54, 1.807) is 12.1 Å². The lowest BCUT2D eigenvalue weighted by atomic mass is 9.95. The Labute approximate surface area is 88.1 Å². The van der Waals surface area contributed by atoms with Crippen molar-refractivity contribution in [3.05, 3.63) is 23.3 Å². The Morgan fingerprint density at radius 2 is 2.00 bits per heavy atom. The summed E-state index contributed by atoms with van der Waals surface area (Å²) in [6.45, 7) is 1.70. The highest BCUT2D eigenvalue weighted by Crippen LogP contribution is 2.29. The van der Waals surface area contributed by atoms with E-state index in [1.807, 2.05) is 0 Å². The van der Waals surface area contributed by atoms with Crippen LogP contribution in [0.4, 0.5) is 0 Å². The molecule has 0 unspecified atom stereocenters. The monoisotopic (exact) mass is 208 g/mol. The molecule has 1 aromatic carbocycles. The maximum absolute atomic E-state index is 9.45. The summed E-state index contributed by atoms with van der Waals surface area (Å²) in [4.78, 5) is 3.31. The Bertz CT molecular complexity index is 413. The maximum Gasteiger partial charge on any atom is 0.187 e. The standard InChI is InChI=1S/C11H14N2O2/c12-3-1-9-8-6-11(15)10(14)5-7(8)2-4-13-9/h5-6,14-15H,1-4,12H2/p+2. The predicted molar refractivity (Wildman–Crippen MR) is 55.8 cm³/mol. The Morgan fingerprint density at radius 1 is 1.27 bits per heavy atom. The van der Waals surface area contributed by atoms with E-state index >= 15 is 0 Å². The summed E-state index contributed by atoms with van der Waals surface area (Å²) < 4.78 is 0. The maximum atomic E-state index is 9.45. The number of phenols is 2. The van der Waals surface area contributed by atoms with Crippen LogP contribution >= 0.6 is 0 Å². The summed E-state index contributed by atoms with van der Waals surface area (Å²) >= 11 is 0. The van der Waals surface area contributed by atoms with Crippen molar-refractivity contribution in [2.45, 2.75) is 12.8 Å². The summed E-state index contributed by atoms with van der Waals surface area (Å²) in [6, 6.07) is 3.27. The van der Waals surface area contributed by atoms with Gasteiger partial charge in [-0.3, -0.25) is 0 Å². The van der Waals surface area contributed by atoms with Gasteiger partial charge in [-0.15, -0.1) is 0 Å². The first-order valence-corrected chi connectivity index (χ1v) is 5.16. The molecule has 0 spiro atoms. The van der Waals surface area contributed by atoms with Crippen molar-refractivity contribution >= 4 is 5.71 Å². The van der Waals surface area contributed by atoms with Gasteiger partial charge in [0.2, 0.25) is 0 Å². The van der Waals surface area contributed by atoms with Crippen molar-refractivity contribution in [3.63, 3.8) is 0 Å². The average molecular weight is 208 g/mol. The highest BCUT2D eigenvalue weighted by molar-refractivity contribution is 5.98. The summed E-state index contributed by atoms with van der Waals surface area (Å²) in [5.41, 5.74) is 7.04. The van der Waals surface area contributed by atoms with Crippen LogP contribution in [0, 0.1) is 0 Å². The Balaban J connectivity index is 2.45. The molecular weight excluding hydrogens is 192 g/mol. The Kier molecular flexibility index (Phi) is 2.60. The number of hydrogen-bond donors (Lipinski definition) is 4. The predicted octanol–water partition coefficient (Wildman–Crippen LogP) is -1.84. The highest BCUT2D eigenvalue weighted by Gasteiger charge is 2.21. The third kappa shape index (κ3) is 1.80. The van der Waals surface area contributed by atoms with Crippen LogP contribution in [0.5, 0.6) is 11.5 Å². The molecule has 1 aliphatic rings. The largest absolute Gasteiger partial charge is 0.504 e. The van der Waals surface area contributed by atoms with Crippen LogP contribution in [0.2, 0.25) is 0 Å². The van der Waals surface area contributed by atoms with E-state index in [-0.39, 0.29) is 11.5 Å². The number of rotatable bonds is 2. The minimum Gasteiger partial charge on any atom is -0.504 e. The molecule has 2 rings (SSSR count). The number of fused-ring (bicyclic) bond motifs is 1. The summed E-state index contributed by atoms with van der Waals surface area (Å²) in [6.07, 6.45) is 1.75. The second-order valence-electron chi connectivity index (χ2n) is 3.76. The van der Waals surface area contributed by atoms with Crippen LogP contribution in [0.1, 0.15) is 17.5 Å². The molecule has 0 aromatic heterocycles. The van der Waals surface area contributed by atoms with E-state index in [0.717, 1.165) is 42.8 Å². The van der Waals surface area contributed by atoms with Gasteiger partial charge in [-0.2, -0.15) is 0 Å². The molecule has 1 heterocycles. The van der Waals surface area contributed by atoms with Crippen molar-refractivity contribution in [2.75, 3.05) is 13.1 Å². The minimum atomic E-state index is -0.0565. The zero-order valence-corrected chi connectivity index (χ0v) is 8.58. The van der Waals surface area contributed by atoms with Crippen molar-refractivity contribution in [2.24, 2.45) is 0 Å². The van der Waals surface area contributed by atoms with Gasteiger partial charge in [0.25, 0.3) is 0 Å². The summed E-state index contributed by atoms with van der Waals surface area (Å²) in [5, 5.41) is 18.9. The lowest BCUT2D eigenvalue weighted by Crippen LogP contribution is -2.76. The van der Waals surface area contributed by atoms with Gasteiger partial charge in [0.1, 0.15) is 6.54 Å². The van der Waals surface area contributed by atoms with Crippen LogP contribution in [0.25, 0.3) is 0 Å². The number of benzene rings is 1. The van der Waals surface area contributed by atoms with Gasteiger partial charge in [-0.05, 0) is 17.7 Å². The smallest absolute Gasteiger partial charge is 0.187 e. The molecular formula is C11H16N2O2+2. The zero-order chi connectivity index (χ0) is 10.8. The van der Waals surface area contributed by atoms with Crippen LogP contribution in [-0.2, 0) is 6.42 Å². The average Bonchev–Trinajstić information content (AvgIpc) is 2.21. The fourth-order valence-corrected chi connectivity index (χ4v) is 1.95. The molecule has 4 nitrogen and oxygen atoms in total. The minimum absolute atomic E-state index is 0.0374. The molecule has 4 heteroatoms. The topological polar surface area (TPSA) is 82.1 Å². The fraction of sp³-hybridized carbons (Fsp3) is 0.364. The molecule has 0 saturated heterocycles. The van der Waals surface area contributed by atoms with Crippen molar-refractivity contribution in [1.82, 2.24) is 0 Å². The molecule has 0 aliphatic carbocycles. The van der Waals surface area contributed by atoms with Crippen molar-refractivity contribution in [3.8, 4) is 11.5 Å². The van der Waals surface area contributed by atoms with E-state index in [0.29, 0.717) is 0 Å². The van der Waals surface area contributed by atoms with Gasteiger partial charge in [0.15, 0.2) is 17.2 Å². The second kappa shape index (κ2) is 3.90. The molecule has 15 heavy (non-hydrogen) atoms. The fourth-order valence-electron chi connectivity index (χ4n) is 1.95. The van der Waals surface area contributed by atoms with E-state index in [2.05, 4.69) is 10.7 Å². The molecule has 0 atom stereocenters. The second-order valence-corrected chi connectivity index (χ2v) is 3.76. The molecule has 80 valence electrons. The Morgan fingerprint density at radius 3 is 2.73 bits per heavy atom. The van der Waals surface area contributed by atoms with Crippen LogP contribution in [0.15, 0.2) is 12.1 Å². The van der Waals surface area contributed by atoms with Gasteiger partial charge < -0.3 is 15.9 Å². The third-order valence-corrected chi connectivity index (χ3v) is 2.69. The van der Waals surface area contributed by atoms with Gasteiger partial charge >= 0.3 is 0 Å². The number of hydrogen-bond acceptors (Lipinski definition) is 2. The van der Waals surface area contributed by atoms with Gasteiger partial charge in [-0.1, -0.05) is 0 Å². The summed E-state index contributed by atoms with van der Waals surface area (Å²) in [7, 11) is 0. The number of aromatic hydroxyl groups is 2. The molecule has 1 aliphatic heterocycles. The van der Waals surface area contributed by atoms with Crippen molar-refractivity contribution < 1.29 is 20.9 Å². The van der Waals surface area contributed by atoms with Gasteiger partial charge in [-0.25, -0.2) is 4.99 Å².